The minimum atomic E-state index is -3.06. The van der Waals surface area contributed by atoms with Crippen LogP contribution in [0.5, 0.6) is 5.75 Å². The Labute approximate surface area is 116 Å². The van der Waals surface area contributed by atoms with Crippen molar-refractivity contribution in [3.05, 3.63) is 17.9 Å². The van der Waals surface area contributed by atoms with Crippen LogP contribution in [0.4, 0.5) is 24.5 Å². The van der Waals surface area contributed by atoms with Crippen LogP contribution in [-0.4, -0.2) is 12.7 Å². The highest BCUT2D eigenvalue weighted by molar-refractivity contribution is 5.69. The summed E-state index contributed by atoms with van der Waals surface area (Å²) in [6, 6.07) is 2.43. The van der Waals surface area contributed by atoms with Crippen molar-refractivity contribution in [3.63, 3.8) is 0 Å². The number of nitrogens with two attached hydrogens (primary N) is 1. The fraction of sp³-hybridized carbons (Fsp3) is 0.571. The number of halogens is 3. The van der Waals surface area contributed by atoms with E-state index in [1.165, 1.54) is 12.5 Å². The third-order valence-electron chi connectivity index (χ3n) is 3.77. The van der Waals surface area contributed by atoms with Crippen molar-refractivity contribution in [1.29, 1.82) is 0 Å². The molecule has 6 heteroatoms. The first-order chi connectivity index (χ1) is 9.47. The van der Waals surface area contributed by atoms with E-state index < -0.39 is 18.2 Å². The topological polar surface area (TPSA) is 47.3 Å². The lowest BCUT2D eigenvalue weighted by molar-refractivity contribution is -0.0521. The van der Waals surface area contributed by atoms with Crippen LogP contribution >= 0.6 is 0 Å². The molecule has 2 atom stereocenters. The summed E-state index contributed by atoms with van der Waals surface area (Å²) in [4.78, 5) is 0. The van der Waals surface area contributed by atoms with Crippen molar-refractivity contribution < 1.29 is 17.9 Å². The number of alkyl halides is 2. The Bertz CT molecular complexity index is 468. The second-order valence-corrected chi connectivity index (χ2v) is 5.26. The van der Waals surface area contributed by atoms with Crippen LogP contribution in [0, 0.1) is 11.7 Å². The van der Waals surface area contributed by atoms with Gasteiger partial charge in [0.1, 0.15) is 0 Å². The minimum Gasteiger partial charge on any atom is -0.432 e. The van der Waals surface area contributed by atoms with Crippen molar-refractivity contribution >= 4 is 11.4 Å². The van der Waals surface area contributed by atoms with Crippen molar-refractivity contribution in [3.8, 4) is 5.75 Å². The Hall–Kier alpha value is -1.59. The third-order valence-corrected chi connectivity index (χ3v) is 3.77. The molecular weight excluding hydrogens is 269 g/mol. The molecule has 1 fully saturated rings. The van der Waals surface area contributed by atoms with Gasteiger partial charge in [-0.15, -0.1) is 0 Å². The van der Waals surface area contributed by atoms with Gasteiger partial charge in [0.25, 0.3) is 0 Å². The maximum absolute atomic E-state index is 13.5. The predicted molar refractivity (Wildman–Crippen MR) is 72.5 cm³/mol. The summed E-state index contributed by atoms with van der Waals surface area (Å²) in [6.45, 7) is -0.929. The number of nitrogen functional groups attached to an aromatic ring is 1. The smallest absolute Gasteiger partial charge is 0.387 e. The first-order valence-corrected chi connectivity index (χ1v) is 6.77. The molecular formula is C14H19F3N2O. The van der Waals surface area contributed by atoms with E-state index in [4.69, 9.17) is 5.73 Å². The molecule has 0 aromatic heterocycles. The molecule has 1 saturated carbocycles. The van der Waals surface area contributed by atoms with Crippen LogP contribution in [0.15, 0.2) is 12.1 Å². The average Bonchev–Trinajstić information content (AvgIpc) is 2.37. The van der Waals surface area contributed by atoms with E-state index in [1.54, 1.807) is 0 Å². The minimum absolute atomic E-state index is 0.196. The molecule has 3 nitrogen and oxygen atoms in total. The standard InChI is InChI=1S/C14H19F3N2O/c1-8-4-2-3-5-11(8)19-12-7-13(20-14(16)17)9(15)6-10(12)18/h6-8,11,14,19H,2-5,18H2,1H3. The monoisotopic (exact) mass is 288 g/mol. The summed E-state index contributed by atoms with van der Waals surface area (Å²) in [5.74, 6) is -0.905. The van der Waals surface area contributed by atoms with Gasteiger partial charge in [-0.25, -0.2) is 4.39 Å². The summed E-state index contributed by atoms with van der Waals surface area (Å²) in [5, 5.41) is 3.22. The fourth-order valence-corrected chi connectivity index (χ4v) is 2.61. The third kappa shape index (κ3) is 3.49. The van der Waals surface area contributed by atoms with Crippen LogP contribution in [0.3, 0.4) is 0 Å². The molecule has 3 N–H and O–H groups in total. The predicted octanol–water partition coefficient (Wildman–Crippen LogP) is 4.00. The van der Waals surface area contributed by atoms with Gasteiger partial charge in [-0.2, -0.15) is 8.78 Å². The summed E-state index contributed by atoms with van der Waals surface area (Å²) >= 11 is 0. The van der Waals surface area contributed by atoms with Gasteiger partial charge >= 0.3 is 6.61 Å². The van der Waals surface area contributed by atoms with Gasteiger partial charge in [0.15, 0.2) is 11.6 Å². The van der Waals surface area contributed by atoms with Crippen LogP contribution in [-0.2, 0) is 0 Å². The molecule has 112 valence electrons. The van der Waals surface area contributed by atoms with E-state index in [2.05, 4.69) is 17.0 Å². The Balaban J connectivity index is 2.17. The first-order valence-electron chi connectivity index (χ1n) is 6.77. The van der Waals surface area contributed by atoms with E-state index in [-0.39, 0.29) is 11.7 Å². The van der Waals surface area contributed by atoms with Crippen LogP contribution in [0.2, 0.25) is 0 Å². The Morgan fingerprint density at radius 2 is 2.00 bits per heavy atom. The zero-order chi connectivity index (χ0) is 14.7. The lowest BCUT2D eigenvalue weighted by atomic mass is 9.86. The number of hydrogen-bond donors (Lipinski definition) is 2. The molecule has 20 heavy (non-hydrogen) atoms. The van der Waals surface area contributed by atoms with Crippen LogP contribution in [0.1, 0.15) is 32.6 Å². The molecule has 0 bridgehead atoms. The lowest BCUT2D eigenvalue weighted by Gasteiger charge is -2.31. The summed E-state index contributed by atoms with van der Waals surface area (Å²) in [5.41, 5.74) is 6.38. The molecule has 0 saturated heterocycles. The first kappa shape index (κ1) is 14.8. The van der Waals surface area contributed by atoms with E-state index >= 15 is 0 Å². The molecule has 0 spiro atoms. The molecule has 2 rings (SSSR count). The Morgan fingerprint density at radius 3 is 2.65 bits per heavy atom. The van der Waals surface area contributed by atoms with E-state index in [0.29, 0.717) is 11.6 Å². The molecule has 0 amide bonds. The molecule has 0 radical (unpaired) electrons. The van der Waals surface area contributed by atoms with Gasteiger partial charge in [0.2, 0.25) is 0 Å². The number of nitrogens with one attached hydrogen (secondary N) is 1. The second-order valence-electron chi connectivity index (χ2n) is 5.26. The van der Waals surface area contributed by atoms with Crippen molar-refractivity contribution in [2.45, 2.75) is 45.3 Å². The molecule has 0 aliphatic heterocycles. The highest BCUT2D eigenvalue weighted by atomic mass is 19.3. The molecule has 1 aliphatic rings. The molecule has 1 aliphatic carbocycles. The second kappa shape index (κ2) is 6.24. The molecule has 1 aromatic rings. The van der Waals surface area contributed by atoms with E-state index in [9.17, 15) is 13.2 Å². The summed E-state index contributed by atoms with van der Waals surface area (Å²) < 4.78 is 42.1. The maximum Gasteiger partial charge on any atom is 0.387 e. The lowest BCUT2D eigenvalue weighted by Crippen LogP contribution is -2.30. The zero-order valence-corrected chi connectivity index (χ0v) is 11.3. The number of anilines is 2. The van der Waals surface area contributed by atoms with Gasteiger partial charge in [0.05, 0.1) is 11.4 Å². The fourth-order valence-electron chi connectivity index (χ4n) is 2.61. The van der Waals surface area contributed by atoms with Gasteiger partial charge in [0, 0.05) is 18.2 Å². The summed E-state index contributed by atoms with van der Waals surface area (Å²) in [7, 11) is 0. The van der Waals surface area contributed by atoms with Crippen molar-refractivity contribution in [2.75, 3.05) is 11.1 Å². The number of hydrogen-bond acceptors (Lipinski definition) is 3. The quantitative estimate of drug-likeness (QED) is 0.823. The highest BCUT2D eigenvalue weighted by Crippen LogP contribution is 2.33. The molecule has 1 aromatic carbocycles. The van der Waals surface area contributed by atoms with Gasteiger partial charge in [-0.05, 0) is 18.8 Å². The van der Waals surface area contributed by atoms with Gasteiger partial charge in [-0.3, -0.25) is 0 Å². The molecule has 0 heterocycles. The number of benzene rings is 1. The normalized spacial score (nSPS) is 22.9. The average molecular weight is 288 g/mol. The SMILES string of the molecule is CC1CCCCC1Nc1cc(OC(F)F)c(F)cc1N. The van der Waals surface area contributed by atoms with Gasteiger partial charge in [-0.1, -0.05) is 19.8 Å². The largest absolute Gasteiger partial charge is 0.432 e. The van der Waals surface area contributed by atoms with Crippen LogP contribution < -0.4 is 15.8 Å². The maximum atomic E-state index is 13.5. The number of ether oxygens (including phenoxy) is 1. The van der Waals surface area contributed by atoms with Crippen molar-refractivity contribution in [1.82, 2.24) is 0 Å². The molecule has 2 unspecified atom stereocenters. The van der Waals surface area contributed by atoms with Gasteiger partial charge < -0.3 is 15.8 Å². The number of rotatable bonds is 4. The van der Waals surface area contributed by atoms with Crippen molar-refractivity contribution in [2.24, 2.45) is 5.92 Å². The highest BCUT2D eigenvalue weighted by Gasteiger charge is 2.22. The Kier molecular flexibility index (Phi) is 4.62. The van der Waals surface area contributed by atoms with E-state index in [0.717, 1.165) is 25.3 Å². The summed E-state index contributed by atoms with van der Waals surface area (Å²) in [6.07, 6.45) is 4.41. The van der Waals surface area contributed by atoms with Crippen LogP contribution in [0.25, 0.3) is 0 Å². The Morgan fingerprint density at radius 1 is 1.30 bits per heavy atom. The zero-order valence-electron chi connectivity index (χ0n) is 11.3. The van der Waals surface area contributed by atoms with E-state index in [1.807, 2.05) is 0 Å².